The Morgan fingerprint density at radius 3 is 2.57 bits per heavy atom. The Balaban J connectivity index is 2.05. The molecular weight excluding hydrogens is 295 g/mol. The highest BCUT2D eigenvalue weighted by Crippen LogP contribution is 2.29. The number of anilines is 1. The summed E-state index contributed by atoms with van der Waals surface area (Å²) in [5.41, 5.74) is 5.21. The number of halogens is 1. The van der Waals surface area contributed by atoms with E-state index in [4.69, 9.17) is 5.73 Å². The van der Waals surface area contributed by atoms with Gasteiger partial charge in [-0.05, 0) is 42.9 Å². The molecule has 0 aromatic heterocycles. The smallest absolute Gasteiger partial charge is 0.240 e. The van der Waals surface area contributed by atoms with Crippen LogP contribution in [0.25, 0.3) is 0 Å². The minimum Gasteiger partial charge on any atom is -0.396 e. The molecule has 1 aromatic rings. The van der Waals surface area contributed by atoms with Crippen molar-refractivity contribution in [3.05, 3.63) is 24.0 Å². The zero-order valence-electron chi connectivity index (χ0n) is 11.8. The molecule has 1 aliphatic carbocycles. The van der Waals surface area contributed by atoms with Crippen molar-refractivity contribution in [2.75, 3.05) is 18.9 Å². The van der Waals surface area contributed by atoms with Crippen LogP contribution >= 0.6 is 0 Å². The van der Waals surface area contributed by atoms with Gasteiger partial charge in [-0.25, -0.2) is 17.5 Å². The quantitative estimate of drug-likeness (QED) is 0.718. The molecule has 0 radical (unpaired) electrons. The van der Waals surface area contributed by atoms with E-state index >= 15 is 0 Å². The number of hydrogen-bond donors (Lipinski definition) is 3. The lowest BCUT2D eigenvalue weighted by atomic mass is 9.80. The van der Waals surface area contributed by atoms with Crippen molar-refractivity contribution in [1.29, 1.82) is 0 Å². The van der Waals surface area contributed by atoms with E-state index in [1.54, 1.807) is 0 Å². The fraction of sp³-hybridized carbons (Fsp3) is 0.571. The molecule has 1 aliphatic rings. The Kier molecular flexibility index (Phi) is 5.18. The lowest BCUT2D eigenvalue weighted by molar-refractivity contribution is 0.136. The molecule has 7 heteroatoms. The van der Waals surface area contributed by atoms with Crippen LogP contribution in [0.4, 0.5) is 10.1 Å². The molecule has 4 N–H and O–H groups in total. The second-order valence-electron chi connectivity index (χ2n) is 5.52. The predicted molar refractivity (Wildman–Crippen MR) is 78.5 cm³/mol. The van der Waals surface area contributed by atoms with Gasteiger partial charge in [0.1, 0.15) is 5.82 Å². The zero-order valence-corrected chi connectivity index (χ0v) is 12.6. The van der Waals surface area contributed by atoms with Gasteiger partial charge in [-0.3, -0.25) is 0 Å². The van der Waals surface area contributed by atoms with Crippen LogP contribution in [0.15, 0.2) is 23.1 Å². The van der Waals surface area contributed by atoms with Gasteiger partial charge >= 0.3 is 0 Å². The first-order valence-corrected chi connectivity index (χ1v) is 8.58. The van der Waals surface area contributed by atoms with Gasteiger partial charge in [0.05, 0.1) is 10.6 Å². The summed E-state index contributed by atoms with van der Waals surface area (Å²) in [7, 11) is -3.71. The number of nitrogens with one attached hydrogen (secondary N) is 1. The molecule has 2 unspecified atom stereocenters. The molecule has 2 rings (SSSR count). The van der Waals surface area contributed by atoms with Crippen LogP contribution in [0.1, 0.15) is 25.7 Å². The molecule has 0 amide bonds. The first kappa shape index (κ1) is 16.2. The van der Waals surface area contributed by atoms with E-state index < -0.39 is 15.8 Å². The van der Waals surface area contributed by atoms with Crippen molar-refractivity contribution in [3.8, 4) is 0 Å². The molecule has 1 aromatic carbocycles. The number of nitrogens with two attached hydrogens (primary N) is 1. The van der Waals surface area contributed by atoms with Crippen LogP contribution in [0.3, 0.4) is 0 Å². The SMILES string of the molecule is Nc1cc(S(=O)(=O)NCC2CCCCC2CO)ccc1F. The Hall–Kier alpha value is -1.18. The molecule has 2 atom stereocenters. The molecule has 1 saturated carbocycles. The van der Waals surface area contributed by atoms with Crippen LogP contribution in [-0.2, 0) is 10.0 Å². The minimum atomic E-state index is -3.71. The Morgan fingerprint density at radius 2 is 1.95 bits per heavy atom. The number of nitrogen functional groups attached to an aromatic ring is 1. The number of aliphatic hydroxyl groups excluding tert-OH is 1. The monoisotopic (exact) mass is 316 g/mol. The number of rotatable bonds is 5. The maximum atomic E-state index is 13.1. The van der Waals surface area contributed by atoms with Crippen molar-refractivity contribution in [2.24, 2.45) is 11.8 Å². The molecule has 1 fully saturated rings. The second-order valence-corrected chi connectivity index (χ2v) is 7.29. The lowest BCUT2D eigenvalue weighted by Gasteiger charge is -2.30. The van der Waals surface area contributed by atoms with Crippen molar-refractivity contribution in [3.63, 3.8) is 0 Å². The van der Waals surface area contributed by atoms with Gasteiger partial charge in [0.2, 0.25) is 10.0 Å². The van der Waals surface area contributed by atoms with Gasteiger partial charge in [-0.2, -0.15) is 0 Å². The van der Waals surface area contributed by atoms with Gasteiger partial charge in [-0.15, -0.1) is 0 Å². The first-order chi connectivity index (χ1) is 9.94. The molecular formula is C14H21FN2O3S. The predicted octanol–water partition coefficient (Wildman–Crippen LogP) is 1.48. The average molecular weight is 316 g/mol. The Bertz CT molecular complexity index is 592. The van der Waals surface area contributed by atoms with E-state index in [0.29, 0.717) is 0 Å². The zero-order chi connectivity index (χ0) is 15.5. The highest BCUT2D eigenvalue weighted by Gasteiger charge is 2.26. The number of hydrogen-bond acceptors (Lipinski definition) is 4. The summed E-state index contributed by atoms with van der Waals surface area (Å²) in [5, 5.41) is 9.34. The van der Waals surface area contributed by atoms with Crippen LogP contribution in [0.2, 0.25) is 0 Å². The highest BCUT2D eigenvalue weighted by molar-refractivity contribution is 7.89. The maximum absolute atomic E-state index is 13.1. The Morgan fingerprint density at radius 1 is 1.29 bits per heavy atom. The second kappa shape index (κ2) is 6.72. The summed E-state index contributed by atoms with van der Waals surface area (Å²) in [6.07, 6.45) is 3.95. The molecule has 0 aliphatic heterocycles. The van der Waals surface area contributed by atoms with Crippen LogP contribution in [-0.4, -0.2) is 26.7 Å². The summed E-state index contributed by atoms with van der Waals surface area (Å²) in [5.74, 6) is -0.363. The summed E-state index contributed by atoms with van der Waals surface area (Å²) < 4.78 is 40.0. The third-order valence-corrected chi connectivity index (χ3v) is 5.54. The Labute approximate surface area is 124 Å². The third kappa shape index (κ3) is 3.93. The molecule has 0 bridgehead atoms. The van der Waals surface area contributed by atoms with E-state index in [2.05, 4.69) is 4.72 Å². The molecule has 0 heterocycles. The van der Waals surface area contributed by atoms with Crippen LogP contribution in [0, 0.1) is 17.7 Å². The van der Waals surface area contributed by atoms with Gasteiger partial charge in [0, 0.05) is 13.2 Å². The van der Waals surface area contributed by atoms with Crippen molar-refractivity contribution < 1.29 is 17.9 Å². The fourth-order valence-electron chi connectivity index (χ4n) is 2.78. The minimum absolute atomic E-state index is 0.0437. The van der Waals surface area contributed by atoms with Crippen LogP contribution < -0.4 is 10.5 Å². The standard InChI is InChI=1S/C14H21FN2O3S/c15-13-6-5-12(7-14(13)16)21(19,20)17-8-10-3-1-2-4-11(10)9-18/h5-7,10-11,17-18H,1-4,8-9,16H2. The summed E-state index contributed by atoms with van der Waals surface area (Å²) >= 11 is 0. The topological polar surface area (TPSA) is 92.4 Å². The third-order valence-electron chi connectivity index (χ3n) is 4.11. The normalized spacial score (nSPS) is 23.1. The number of sulfonamides is 1. The number of aliphatic hydroxyl groups is 1. The van der Waals surface area contributed by atoms with E-state index in [9.17, 15) is 17.9 Å². The molecule has 5 nitrogen and oxygen atoms in total. The van der Waals surface area contributed by atoms with E-state index in [0.717, 1.165) is 37.8 Å². The maximum Gasteiger partial charge on any atom is 0.240 e. The van der Waals surface area contributed by atoms with Crippen molar-refractivity contribution in [2.45, 2.75) is 30.6 Å². The summed E-state index contributed by atoms with van der Waals surface area (Å²) in [4.78, 5) is -0.0437. The largest absolute Gasteiger partial charge is 0.396 e. The molecule has 0 spiro atoms. The fourth-order valence-corrected chi connectivity index (χ4v) is 3.91. The van der Waals surface area contributed by atoms with Crippen molar-refractivity contribution in [1.82, 2.24) is 4.72 Å². The van der Waals surface area contributed by atoms with E-state index in [1.807, 2.05) is 0 Å². The van der Waals surface area contributed by atoms with Crippen LogP contribution in [0.5, 0.6) is 0 Å². The van der Waals surface area contributed by atoms with E-state index in [1.165, 1.54) is 6.07 Å². The first-order valence-electron chi connectivity index (χ1n) is 7.09. The average Bonchev–Trinajstić information content (AvgIpc) is 2.48. The van der Waals surface area contributed by atoms with Gasteiger partial charge < -0.3 is 10.8 Å². The summed E-state index contributed by atoms with van der Waals surface area (Å²) in [6.45, 7) is 0.362. The van der Waals surface area contributed by atoms with Gasteiger partial charge in [0.25, 0.3) is 0 Å². The molecule has 118 valence electrons. The molecule has 21 heavy (non-hydrogen) atoms. The molecule has 0 saturated heterocycles. The van der Waals surface area contributed by atoms with E-state index in [-0.39, 0.29) is 35.6 Å². The van der Waals surface area contributed by atoms with Crippen molar-refractivity contribution >= 4 is 15.7 Å². The highest BCUT2D eigenvalue weighted by atomic mass is 32.2. The van der Waals surface area contributed by atoms with Gasteiger partial charge in [-0.1, -0.05) is 12.8 Å². The summed E-state index contributed by atoms with van der Waals surface area (Å²) in [6, 6.07) is 3.35. The number of benzene rings is 1. The lowest BCUT2D eigenvalue weighted by Crippen LogP contribution is -2.35. The van der Waals surface area contributed by atoms with Gasteiger partial charge in [0.15, 0.2) is 0 Å².